The maximum Gasteiger partial charge on any atom is 0.151 e. The molecule has 0 radical (unpaired) electrons. The van der Waals surface area contributed by atoms with Crippen molar-refractivity contribution >= 4 is 23.6 Å². The third kappa shape index (κ3) is 1.71. The van der Waals surface area contributed by atoms with Crippen LogP contribution in [-0.2, 0) is 0 Å². The van der Waals surface area contributed by atoms with Crippen LogP contribution in [0.1, 0.15) is 10.4 Å². The standard InChI is InChI=1S/C8H8ClNO/c1-10-7-3-2-6(5-11)8(9)4-7/h2-5,10H,1H3. The average molecular weight is 170 g/mol. The number of carbonyl (C=O) groups excluding carboxylic acids is 1. The second-order valence-corrected chi connectivity index (χ2v) is 2.51. The van der Waals surface area contributed by atoms with Crippen molar-refractivity contribution in [3.05, 3.63) is 28.8 Å². The molecule has 0 saturated heterocycles. The molecule has 0 aliphatic heterocycles. The predicted molar refractivity (Wildman–Crippen MR) is 46.4 cm³/mol. The van der Waals surface area contributed by atoms with Crippen molar-refractivity contribution < 1.29 is 4.79 Å². The summed E-state index contributed by atoms with van der Waals surface area (Å²) in [4.78, 5) is 10.3. The third-order valence-electron chi connectivity index (χ3n) is 1.42. The molecule has 0 saturated carbocycles. The summed E-state index contributed by atoms with van der Waals surface area (Å²) in [6.45, 7) is 0. The second kappa shape index (κ2) is 3.39. The maximum atomic E-state index is 10.3. The van der Waals surface area contributed by atoms with E-state index in [-0.39, 0.29) is 0 Å². The van der Waals surface area contributed by atoms with E-state index in [2.05, 4.69) is 5.32 Å². The number of halogens is 1. The zero-order chi connectivity index (χ0) is 8.27. The van der Waals surface area contributed by atoms with Gasteiger partial charge in [-0.15, -0.1) is 0 Å². The monoisotopic (exact) mass is 169 g/mol. The summed E-state index contributed by atoms with van der Waals surface area (Å²) in [6, 6.07) is 5.20. The summed E-state index contributed by atoms with van der Waals surface area (Å²) >= 11 is 5.74. The van der Waals surface area contributed by atoms with Crippen LogP contribution in [0.4, 0.5) is 5.69 Å². The largest absolute Gasteiger partial charge is 0.388 e. The number of nitrogens with one attached hydrogen (secondary N) is 1. The molecule has 0 bridgehead atoms. The molecule has 0 fully saturated rings. The first-order valence-electron chi connectivity index (χ1n) is 3.20. The van der Waals surface area contributed by atoms with Gasteiger partial charge < -0.3 is 5.32 Å². The number of rotatable bonds is 2. The van der Waals surface area contributed by atoms with Crippen molar-refractivity contribution in [3.63, 3.8) is 0 Å². The van der Waals surface area contributed by atoms with Gasteiger partial charge in [-0.05, 0) is 18.2 Å². The molecule has 0 amide bonds. The molecule has 0 atom stereocenters. The van der Waals surface area contributed by atoms with E-state index in [0.29, 0.717) is 10.6 Å². The Balaban J connectivity index is 3.09. The second-order valence-electron chi connectivity index (χ2n) is 2.10. The minimum atomic E-state index is 0.479. The first-order valence-corrected chi connectivity index (χ1v) is 3.58. The van der Waals surface area contributed by atoms with Crippen LogP contribution in [0.25, 0.3) is 0 Å². The van der Waals surface area contributed by atoms with Crippen LogP contribution in [0.3, 0.4) is 0 Å². The summed E-state index contributed by atoms with van der Waals surface area (Å²) in [6.07, 6.45) is 0.738. The van der Waals surface area contributed by atoms with Crippen molar-refractivity contribution in [2.24, 2.45) is 0 Å². The Bertz CT molecular complexity index is 273. The van der Waals surface area contributed by atoms with E-state index in [1.165, 1.54) is 0 Å². The van der Waals surface area contributed by atoms with Crippen LogP contribution in [0.2, 0.25) is 5.02 Å². The summed E-state index contributed by atoms with van der Waals surface area (Å²) in [7, 11) is 1.80. The van der Waals surface area contributed by atoms with E-state index < -0.39 is 0 Å². The summed E-state index contributed by atoms with van der Waals surface area (Å²) in [5, 5.41) is 3.40. The molecule has 1 aromatic rings. The molecule has 0 aliphatic carbocycles. The van der Waals surface area contributed by atoms with E-state index >= 15 is 0 Å². The minimum Gasteiger partial charge on any atom is -0.388 e. The molecule has 58 valence electrons. The molecule has 0 aliphatic rings. The molecule has 1 N–H and O–H groups in total. The molecule has 0 heterocycles. The maximum absolute atomic E-state index is 10.3. The quantitative estimate of drug-likeness (QED) is 0.688. The lowest BCUT2D eigenvalue weighted by atomic mass is 10.2. The first-order chi connectivity index (χ1) is 5.27. The fourth-order valence-corrected chi connectivity index (χ4v) is 1.00. The van der Waals surface area contributed by atoms with Crippen molar-refractivity contribution in [1.82, 2.24) is 0 Å². The highest BCUT2D eigenvalue weighted by atomic mass is 35.5. The van der Waals surface area contributed by atoms with Gasteiger partial charge in [-0.3, -0.25) is 4.79 Å². The van der Waals surface area contributed by atoms with Crippen LogP contribution in [0, 0.1) is 0 Å². The number of carbonyl (C=O) groups is 1. The molecule has 3 heteroatoms. The summed E-state index contributed by atoms with van der Waals surface area (Å²) in [5.41, 5.74) is 1.42. The van der Waals surface area contributed by atoms with E-state index in [9.17, 15) is 4.79 Å². The van der Waals surface area contributed by atoms with Gasteiger partial charge in [0.25, 0.3) is 0 Å². The molecular weight excluding hydrogens is 162 g/mol. The smallest absolute Gasteiger partial charge is 0.151 e. The molecule has 1 rings (SSSR count). The van der Waals surface area contributed by atoms with Crippen molar-refractivity contribution in [1.29, 1.82) is 0 Å². The Kier molecular flexibility index (Phi) is 2.49. The normalized spacial score (nSPS) is 9.27. The lowest BCUT2D eigenvalue weighted by Crippen LogP contribution is -1.89. The highest BCUT2D eigenvalue weighted by Crippen LogP contribution is 2.18. The fourth-order valence-electron chi connectivity index (χ4n) is 0.778. The van der Waals surface area contributed by atoms with Crippen LogP contribution < -0.4 is 5.32 Å². The van der Waals surface area contributed by atoms with Gasteiger partial charge in [0.1, 0.15) is 0 Å². The number of hydrogen-bond acceptors (Lipinski definition) is 2. The van der Waals surface area contributed by atoms with E-state index in [1.807, 2.05) is 0 Å². The number of anilines is 1. The first kappa shape index (κ1) is 8.08. The van der Waals surface area contributed by atoms with Gasteiger partial charge in [0, 0.05) is 18.3 Å². The number of hydrogen-bond donors (Lipinski definition) is 1. The molecule has 0 spiro atoms. The molecule has 11 heavy (non-hydrogen) atoms. The van der Waals surface area contributed by atoms with Gasteiger partial charge in [0.2, 0.25) is 0 Å². The van der Waals surface area contributed by atoms with Crippen LogP contribution in [0.15, 0.2) is 18.2 Å². The van der Waals surface area contributed by atoms with E-state index in [4.69, 9.17) is 11.6 Å². The van der Waals surface area contributed by atoms with Crippen LogP contribution >= 0.6 is 11.6 Å². The van der Waals surface area contributed by atoms with Gasteiger partial charge in [0.05, 0.1) is 5.02 Å². The van der Waals surface area contributed by atoms with Gasteiger partial charge in [-0.2, -0.15) is 0 Å². The SMILES string of the molecule is CNc1ccc(C=O)c(Cl)c1. The topological polar surface area (TPSA) is 29.1 Å². The zero-order valence-corrected chi connectivity index (χ0v) is 6.85. The third-order valence-corrected chi connectivity index (χ3v) is 1.74. The zero-order valence-electron chi connectivity index (χ0n) is 6.10. The Hall–Kier alpha value is -1.02. The van der Waals surface area contributed by atoms with Crippen molar-refractivity contribution in [3.8, 4) is 0 Å². The highest BCUT2D eigenvalue weighted by molar-refractivity contribution is 6.33. The fraction of sp³-hybridized carbons (Fsp3) is 0.125. The van der Waals surface area contributed by atoms with Gasteiger partial charge >= 0.3 is 0 Å². The predicted octanol–water partition coefficient (Wildman–Crippen LogP) is 2.19. The van der Waals surface area contributed by atoms with Crippen molar-refractivity contribution in [2.75, 3.05) is 12.4 Å². The molecule has 2 nitrogen and oxygen atoms in total. The molecular formula is C8H8ClNO. The lowest BCUT2D eigenvalue weighted by molar-refractivity contribution is 0.112. The Labute approximate surface area is 70.2 Å². The van der Waals surface area contributed by atoms with E-state index in [1.54, 1.807) is 25.2 Å². The molecule has 1 aromatic carbocycles. The van der Waals surface area contributed by atoms with Crippen LogP contribution in [-0.4, -0.2) is 13.3 Å². The number of aldehydes is 1. The average Bonchev–Trinajstić information content (AvgIpc) is 2.04. The van der Waals surface area contributed by atoms with Crippen LogP contribution in [0.5, 0.6) is 0 Å². The highest BCUT2D eigenvalue weighted by Gasteiger charge is 1.97. The van der Waals surface area contributed by atoms with Gasteiger partial charge in [0.15, 0.2) is 6.29 Å². The van der Waals surface area contributed by atoms with Crippen molar-refractivity contribution in [2.45, 2.75) is 0 Å². The summed E-state index contributed by atoms with van der Waals surface area (Å²) < 4.78 is 0. The minimum absolute atomic E-state index is 0.479. The molecule has 0 unspecified atom stereocenters. The Morgan fingerprint density at radius 2 is 2.27 bits per heavy atom. The summed E-state index contributed by atoms with van der Waals surface area (Å²) in [5.74, 6) is 0. The van der Waals surface area contributed by atoms with Gasteiger partial charge in [-0.1, -0.05) is 11.6 Å². The molecule has 0 aromatic heterocycles. The van der Waals surface area contributed by atoms with Gasteiger partial charge in [-0.25, -0.2) is 0 Å². The number of benzene rings is 1. The Morgan fingerprint density at radius 3 is 2.73 bits per heavy atom. The Morgan fingerprint density at radius 1 is 1.55 bits per heavy atom. The van der Waals surface area contributed by atoms with E-state index in [0.717, 1.165) is 12.0 Å². The lowest BCUT2D eigenvalue weighted by Gasteiger charge is -2.00.